The van der Waals surface area contributed by atoms with Crippen LogP contribution < -0.4 is 0 Å². The average molecular weight is 213 g/mol. The van der Waals surface area contributed by atoms with E-state index in [-0.39, 0.29) is 0 Å². The zero-order chi connectivity index (χ0) is 9.80. The van der Waals surface area contributed by atoms with E-state index in [0.717, 1.165) is 12.0 Å². The van der Waals surface area contributed by atoms with Crippen molar-refractivity contribution in [2.45, 2.75) is 45.1 Å². The molecule has 2 aliphatic heterocycles. The van der Waals surface area contributed by atoms with E-state index in [9.17, 15) is 0 Å². The van der Waals surface area contributed by atoms with Crippen LogP contribution in [-0.2, 0) is 0 Å². The first kappa shape index (κ1) is 10.8. The van der Waals surface area contributed by atoms with Gasteiger partial charge in [0.1, 0.15) is 0 Å². The van der Waals surface area contributed by atoms with Crippen LogP contribution >= 0.6 is 11.8 Å². The quantitative estimate of drug-likeness (QED) is 0.694. The lowest BCUT2D eigenvalue weighted by molar-refractivity contribution is 0.124. The molecular formula is C12H23NS. The predicted molar refractivity (Wildman–Crippen MR) is 64.9 cm³/mol. The van der Waals surface area contributed by atoms with E-state index < -0.39 is 0 Å². The van der Waals surface area contributed by atoms with Crippen LogP contribution in [0.1, 0.15) is 39.0 Å². The summed E-state index contributed by atoms with van der Waals surface area (Å²) < 4.78 is 0. The van der Waals surface area contributed by atoms with Crippen molar-refractivity contribution in [2.75, 3.05) is 24.6 Å². The smallest absolute Gasteiger partial charge is 0.0111 e. The number of hydrogen-bond donors (Lipinski definition) is 0. The molecule has 0 unspecified atom stereocenters. The van der Waals surface area contributed by atoms with Gasteiger partial charge in [-0.3, -0.25) is 0 Å². The summed E-state index contributed by atoms with van der Waals surface area (Å²) in [5, 5.41) is 0. The first-order valence-corrected chi connectivity index (χ1v) is 7.37. The first-order chi connectivity index (χ1) is 6.90. The van der Waals surface area contributed by atoms with Gasteiger partial charge in [0.2, 0.25) is 0 Å². The molecule has 2 aliphatic rings. The Morgan fingerprint density at radius 1 is 1.07 bits per heavy atom. The summed E-state index contributed by atoms with van der Waals surface area (Å²) in [6.07, 6.45) is 7.21. The van der Waals surface area contributed by atoms with E-state index in [1.54, 1.807) is 0 Å². The molecule has 2 heterocycles. The highest BCUT2D eigenvalue weighted by Crippen LogP contribution is 2.27. The standard InChI is InChI=1S/C12H23NS/c1-2-11-3-7-13(8-4-11)12-5-9-14-10-6-12/h11-12H,2-10H2,1H3. The second kappa shape index (κ2) is 5.41. The molecule has 2 heteroatoms. The maximum absolute atomic E-state index is 2.77. The molecule has 0 N–H and O–H groups in total. The maximum Gasteiger partial charge on any atom is 0.0111 e. The molecular weight excluding hydrogens is 190 g/mol. The Hall–Kier alpha value is 0.310. The lowest BCUT2D eigenvalue weighted by Crippen LogP contribution is -2.43. The number of hydrogen-bond acceptors (Lipinski definition) is 2. The van der Waals surface area contributed by atoms with Gasteiger partial charge in [0.05, 0.1) is 0 Å². The van der Waals surface area contributed by atoms with E-state index in [4.69, 9.17) is 0 Å². The minimum atomic E-state index is 0.939. The second-order valence-corrected chi connectivity index (χ2v) is 5.96. The van der Waals surface area contributed by atoms with Gasteiger partial charge in [0.25, 0.3) is 0 Å². The predicted octanol–water partition coefficient (Wildman–Crippen LogP) is 3.00. The molecule has 0 aromatic carbocycles. The Kier molecular flexibility index (Phi) is 4.18. The van der Waals surface area contributed by atoms with Gasteiger partial charge in [-0.2, -0.15) is 11.8 Å². The van der Waals surface area contributed by atoms with Gasteiger partial charge in [0.15, 0.2) is 0 Å². The van der Waals surface area contributed by atoms with Crippen molar-refractivity contribution in [3.05, 3.63) is 0 Å². The van der Waals surface area contributed by atoms with Crippen LogP contribution in [0, 0.1) is 5.92 Å². The normalized spacial score (nSPS) is 28.1. The fourth-order valence-corrected chi connectivity index (χ4v) is 3.86. The summed E-state index contributed by atoms with van der Waals surface area (Å²) in [5.74, 6) is 3.83. The van der Waals surface area contributed by atoms with Crippen molar-refractivity contribution in [2.24, 2.45) is 5.92 Å². The van der Waals surface area contributed by atoms with Gasteiger partial charge < -0.3 is 4.90 Å². The zero-order valence-corrected chi connectivity index (χ0v) is 10.2. The summed E-state index contributed by atoms with van der Waals surface area (Å²) >= 11 is 2.14. The highest BCUT2D eigenvalue weighted by molar-refractivity contribution is 7.99. The summed E-state index contributed by atoms with van der Waals surface area (Å²) in [5.41, 5.74) is 0. The van der Waals surface area contributed by atoms with Crippen molar-refractivity contribution in [1.82, 2.24) is 4.90 Å². The Balaban J connectivity index is 1.76. The van der Waals surface area contributed by atoms with Gasteiger partial charge in [-0.1, -0.05) is 13.3 Å². The van der Waals surface area contributed by atoms with Crippen molar-refractivity contribution in [3.63, 3.8) is 0 Å². The fraction of sp³-hybridized carbons (Fsp3) is 1.00. The Labute approximate surface area is 92.6 Å². The fourth-order valence-electron chi connectivity index (χ4n) is 2.78. The highest BCUT2D eigenvalue weighted by Gasteiger charge is 2.25. The van der Waals surface area contributed by atoms with Crippen molar-refractivity contribution >= 4 is 11.8 Å². The van der Waals surface area contributed by atoms with E-state index in [1.807, 2.05) is 0 Å². The molecule has 0 amide bonds. The van der Waals surface area contributed by atoms with Crippen LogP contribution in [0.25, 0.3) is 0 Å². The summed E-state index contributed by atoms with van der Waals surface area (Å²) in [4.78, 5) is 2.77. The largest absolute Gasteiger partial charge is 0.300 e. The van der Waals surface area contributed by atoms with E-state index in [1.165, 1.54) is 56.7 Å². The molecule has 2 saturated heterocycles. The monoisotopic (exact) mass is 213 g/mol. The third kappa shape index (κ3) is 2.66. The molecule has 0 bridgehead atoms. The maximum atomic E-state index is 2.77. The number of nitrogens with zero attached hydrogens (tertiary/aromatic N) is 1. The van der Waals surface area contributed by atoms with E-state index in [0.29, 0.717) is 0 Å². The third-order valence-electron chi connectivity index (χ3n) is 3.93. The highest BCUT2D eigenvalue weighted by atomic mass is 32.2. The van der Waals surface area contributed by atoms with E-state index >= 15 is 0 Å². The molecule has 0 aromatic heterocycles. The van der Waals surface area contributed by atoms with Crippen LogP contribution in [0.3, 0.4) is 0 Å². The minimum absolute atomic E-state index is 0.939. The molecule has 14 heavy (non-hydrogen) atoms. The Bertz CT molecular complexity index is 158. The topological polar surface area (TPSA) is 3.24 Å². The second-order valence-electron chi connectivity index (χ2n) is 4.73. The van der Waals surface area contributed by atoms with Crippen LogP contribution in [-0.4, -0.2) is 35.5 Å². The Morgan fingerprint density at radius 3 is 2.29 bits per heavy atom. The number of rotatable bonds is 2. The third-order valence-corrected chi connectivity index (χ3v) is 4.98. The average Bonchev–Trinajstić information content (AvgIpc) is 2.30. The molecule has 0 spiro atoms. The summed E-state index contributed by atoms with van der Waals surface area (Å²) in [6, 6.07) is 0.939. The molecule has 0 radical (unpaired) electrons. The number of likely N-dealkylation sites (tertiary alicyclic amines) is 1. The lowest BCUT2D eigenvalue weighted by atomic mass is 9.93. The van der Waals surface area contributed by atoms with Crippen LogP contribution in [0.15, 0.2) is 0 Å². The summed E-state index contributed by atoms with van der Waals surface area (Å²) in [6.45, 7) is 5.11. The SMILES string of the molecule is CCC1CCN(C2CCSCC2)CC1. The van der Waals surface area contributed by atoms with E-state index in [2.05, 4.69) is 23.6 Å². The first-order valence-electron chi connectivity index (χ1n) is 6.22. The zero-order valence-electron chi connectivity index (χ0n) is 9.37. The number of piperidine rings is 1. The van der Waals surface area contributed by atoms with Gasteiger partial charge in [-0.15, -0.1) is 0 Å². The molecule has 0 aromatic rings. The molecule has 82 valence electrons. The van der Waals surface area contributed by atoms with Crippen LogP contribution in [0.2, 0.25) is 0 Å². The molecule has 1 nitrogen and oxygen atoms in total. The van der Waals surface area contributed by atoms with Crippen LogP contribution in [0.5, 0.6) is 0 Å². The van der Waals surface area contributed by atoms with Crippen molar-refractivity contribution in [3.8, 4) is 0 Å². The minimum Gasteiger partial charge on any atom is -0.300 e. The molecule has 2 rings (SSSR count). The van der Waals surface area contributed by atoms with Crippen LogP contribution in [0.4, 0.5) is 0 Å². The lowest BCUT2D eigenvalue weighted by Gasteiger charge is -2.39. The van der Waals surface area contributed by atoms with Gasteiger partial charge in [0, 0.05) is 6.04 Å². The van der Waals surface area contributed by atoms with Gasteiger partial charge in [-0.25, -0.2) is 0 Å². The molecule has 2 fully saturated rings. The Morgan fingerprint density at radius 2 is 1.71 bits per heavy atom. The van der Waals surface area contributed by atoms with Crippen molar-refractivity contribution in [1.29, 1.82) is 0 Å². The van der Waals surface area contributed by atoms with Crippen molar-refractivity contribution < 1.29 is 0 Å². The molecule has 0 atom stereocenters. The van der Waals surface area contributed by atoms with Gasteiger partial charge >= 0.3 is 0 Å². The number of thioether (sulfide) groups is 1. The molecule has 0 saturated carbocycles. The summed E-state index contributed by atoms with van der Waals surface area (Å²) in [7, 11) is 0. The molecule has 0 aliphatic carbocycles. The van der Waals surface area contributed by atoms with Gasteiger partial charge in [-0.05, 0) is 56.2 Å².